The van der Waals surface area contributed by atoms with E-state index in [9.17, 15) is 9.59 Å². The average molecular weight is 446 g/mol. The zero-order valence-electron chi connectivity index (χ0n) is 18.1. The summed E-state index contributed by atoms with van der Waals surface area (Å²) in [5.74, 6) is 0.485. The van der Waals surface area contributed by atoms with Gasteiger partial charge in [-0.15, -0.1) is 0 Å². The van der Waals surface area contributed by atoms with Gasteiger partial charge in [-0.05, 0) is 44.1 Å². The number of carbonyl (C=O) groups excluding carboxylic acids is 2. The van der Waals surface area contributed by atoms with Crippen molar-refractivity contribution >= 4 is 29.1 Å². The summed E-state index contributed by atoms with van der Waals surface area (Å²) in [5.41, 5.74) is 8.88. The molecule has 3 aromatic rings. The molecule has 1 saturated carbocycles. The fraction of sp³-hybridized carbons (Fsp3) is 0.261. The fourth-order valence-electron chi connectivity index (χ4n) is 3.95. The molecule has 6 N–H and O–H groups in total. The van der Waals surface area contributed by atoms with E-state index in [4.69, 9.17) is 5.73 Å². The molecule has 0 aromatic carbocycles. The van der Waals surface area contributed by atoms with Gasteiger partial charge in [-0.1, -0.05) is 18.2 Å². The van der Waals surface area contributed by atoms with Crippen LogP contribution in [0.2, 0.25) is 0 Å². The van der Waals surface area contributed by atoms with Gasteiger partial charge in [0.15, 0.2) is 5.82 Å². The molecule has 0 aliphatic heterocycles. The number of anilines is 2. The summed E-state index contributed by atoms with van der Waals surface area (Å²) in [6.45, 7) is 1.87. The smallest absolute Gasteiger partial charge is 0.382 e. The molecule has 0 atom stereocenters. The molecule has 3 heterocycles. The zero-order valence-corrected chi connectivity index (χ0v) is 18.1. The average Bonchev–Trinajstić information content (AvgIpc) is 3.50. The Morgan fingerprint density at radius 2 is 1.97 bits per heavy atom. The Bertz CT molecular complexity index is 1280. The molecule has 0 unspecified atom stereocenters. The van der Waals surface area contributed by atoms with Gasteiger partial charge in [0.25, 0.3) is 5.91 Å². The first-order valence-electron chi connectivity index (χ1n) is 10.9. The summed E-state index contributed by atoms with van der Waals surface area (Å²) >= 11 is 0. The minimum Gasteiger partial charge on any atom is -0.382 e. The van der Waals surface area contributed by atoms with E-state index in [0.29, 0.717) is 22.7 Å². The number of hydrogen-bond acceptors (Lipinski definition) is 6. The monoisotopic (exact) mass is 445 g/mol. The lowest BCUT2D eigenvalue weighted by Gasteiger charge is -2.17. The van der Waals surface area contributed by atoms with Crippen molar-refractivity contribution < 1.29 is 14.9 Å². The number of aromatic nitrogens is 4. The molecular formula is C23H25N8O2+. The minimum absolute atomic E-state index is 0.141. The highest BCUT2D eigenvalue weighted by atomic mass is 16.2. The Morgan fingerprint density at radius 1 is 1.18 bits per heavy atom. The minimum atomic E-state index is -0.234. The summed E-state index contributed by atoms with van der Waals surface area (Å²) in [7, 11) is 0. The number of carbonyl (C=O) groups is 2. The number of pyridine rings is 1. The summed E-state index contributed by atoms with van der Waals surface area (Å²) in [6.07, 6.45) is 12.9. The second-order valence-electron chi connectivity index (χ2n) is 8.34. The second-order valence-corrected chi connectivity index (χ2v) is 8.34. The SMILES string of the molecule is Cc1cccc(NC(=O)[NH2+]C2C=CC(c3c(C(=O)NC4CC4)cn4ncnc(N)c34)C=C2)n1. The van der Waals surface area contributed by atoms with Gasteiger partial charge in [0.2, 0.25) is 0 Å². The number of nitrogens with zero attached hydrogens (tertiary/aromatic N) is 4. The van der Waals surface area contributed by atoms with Crippen LogP contribution in [0.5, 0.6) is 0 Å². The number of amides is 3. The number of nitrogens with two attached hydrogens (primary N) is 2. The third-order valence-corrected chi connectivity index (χ3v) is 5.70. The maximum atomic E-state index is 12.9. The quantitative estimate of drug-likeness (QED) is 0.436. The van der Waals surface area contributed by atoms with E-state index in [-0.39, 0.29) is 29.9 Å². The Balaban J connectivity index is 1.35. The van der Waals surface area contributed by atoms with Crippen molar-refractivity contribution in [2.45, 2.75) is 37.8 Å². The molecule has 0 radical (unpaired) electrons. The van der Waals surface area contributed by atoms with Crippen molar-refractivity contribution in [1.29, 1.82) is 0 Å². The number of hydrogen-bond donors (Lipinski definition) is 4. The van der Waals surface area contributed by atoms with E-state index >= 15 is 0 Å². The predicted molar refractivity (Wildman–Crippen MR) is 123 cm³/mol. The summed E-state index contributed by atoms with van der Waals surface area (Å²) in [4.78, 5) is 33.7. The van der Waals surface area contributed by atoms with E-state index in [1.807, 2.05) is 43.4 Å². The molecule has 2 aliphatic rings. The van der Waals surface area contributed by atoms with E-state index in [1.54, 1.807) is 22.1 Å². The van der Waals surface area contributed by atoms with Crippen LogP contribution in [-0.4, -0.2) is 43.6 Å². The van der Waals surface area contributed by atoms with E-state index in [1.165, 1.54) is 6.33 Å². The van der Waals surface area contributed by atoms with Crippen LogP contribution < -0.4 is 21.7 Å². The summed E-state index contributed by atoms with van der Waals surface area (Å²) < 4.78 is 1.60. The van der Waals surface area contributed by atoms with Gasteiger partial charge in [0.1, 0.15) is 23.7 Å². The van der Waals surface area contributed by atoms with Gasteiger partial charge in [-0.3, -0.25) is 15.4 Å². The Morgan fingerprint density at radius 3 is 2.70 bits per heavy atom. The molecule has 5 rings (SSSR count). The highest BCUT2D eigenvalue weighted by molar-refractivity contribution is 6.00. The highest BCUT2D eigenvalue weighted by Gasteiger charge is 2.30. The van der Waals surface area contributed by atoms with Gasteiger partial charge in [-0.25, -0.2) is 19.3 Å². The van der Waals surface area contributed by atoms with Crippen LogP contribution in [-0.2, 0) is 0 Å². The van der Waals surface area contributed by atoms with Crippen molar-refractivity contribution in [3.63, 3.8) is 0 Å². The number of allylic oxidation sites excluding steroid dienone is 2. The van der Waals surface area contributed by atoms with Crippen LogP contribution in [0.15, 0.2) is 55.0 Å². The first-order chi connectivity index (χ1) is 16.0. The van der Waals surface area contributed by atoms with E-state index in [0.717, 1.165) is 24.1 Å². The maximum Gasteiger partial charge on any atom is 0.419 e. The normalized spacial score (nSPS) is 19.5. The van der Waals surface area contributed by atoms with Crippen molar-refractivity contribution in [3.8, 4) is 0 Å². The van der Waals surface area contributed by atoms with Gasteiger partial charge in [0, 0.05) is 29.4 Å². The zero-order chi connectivity index (χ0) is 22.9. The largest absolute Gasteiger partial charge is 0.419 e. The number of nitrogen functional groups attached to an aromatic ring is 1. The first-order valence-corrected chi connectivity index (χ1v) is 10.9. The third-order valence-electron chi connectivity index (χ3n) is 5.70. The van der Waals surface area contributed by atoms with Gasteiger partial charge in [0.05, 0.1) is 5.56 Å². The van der Waals surface area contributed by atoms with Crippen molar-refractivity contribution in [3.05, 3.63) is 71.8 Å². The molecule has 10 heteroatoms. The topological polar surface area (TPSA) is 144 Å². The van der Waals surface area contributed by atoms with Crippen LogP contribution in [0, 0.1) is 6.92 Å². The molecule has 168 valence electrons. The number of nitrogens with one attached hydrogen (secondary N) is 2. The number of rotatable bonds is 5. The molecule has 0 spiro atoms. The molecule has 0 saturated heterocycles. The number of aryl methyl sites for hydroxylation is 1. The van der Waals surface area contributed by atoms with Crippen molar-refractivity contribution in [2.24, 2.45) is 0 Å². The lowest BCUT2D eigenvalue weighted by atomic mass is 9.91. The van der Waals surface area contributed by atoms with E-state index < -0.39 is 0 Å². The standard InChI is InChI=1S/C23H24N8O2/c1-13-3-2-4-18(27-13)30-23(33)29-16-7-5-14(6-8-16)19-17(22(32)28-15-9-10-15)11-31-20(19)21(24)25-12-26-31/h2-8,11-12,14-16H,9-10H2,1H3,(H,28,32)(H2,24,25,26)(H2,27,29,30,33)/p+1. The van der Waals surface area contributed by atoms with Gasteiger partial charge < -0.3 is 11.1 Å². The van der Waals surface area contributed by atoms with Crippen LogP contribution in [0.4, 0.5) is 16.4 Å². The summed E-state index contributed by atoms with van der Waals surface area (Å²) in [6, 6.07) is 5.28. The van der Waals surface area contributed by atoms with Crippen molar-refractivity contribution in [2.75, 3.05) is 11.1 Å². The Labute approximate surface area is 190 Å². The predicted octanol–water partition coefficient (Wildman–Crippen LogP) is 1.28. The summed E-state index contributed by atoms with van der Waals surface area (Å²) in [5, 5.41) is 11.6. The maximum absolute atomic E-state index is 12.9. The number of urea groups is 1. The van der Waals surface area contributed by atoms with Crippen LogP contribution in [0.3, 0.4) is 0 Å². The molecule has 3 aromatic heterocycles. The Kier molecular flexibility index (Phi) is 5.35. The molecule has 3 amide bonds. The van der Waals surface area contributed by atoms with Crippen LogP contribution >= 0.6 is 0 Å². The lowest BCUT2D eigenvalue weighted by molar-refractivity contribution is -0.568. The van der Waals surface area contributed by atoms with Gasteiger partial charge >= 0.3 is 6.03 Å². The van der Waals surface area contributed by atoms with Crippen LogP contribution in [0.1, 0.15) is 40.4 Å². The number of quaternary nitrogens is 1. The first kappa shape index (κ1) is 20.8. The lowest BCUT2D eigenvalue weighted by Crippen LogP contribution is -2.93. The van der Waals surface area contributed by atoms with Crippen molar-refractivity contribution in [1.82, 2.24) is 24.9 Å². The van der Waals surface area contributed by atoms with E-state index in [2.05, 4.69) is 25.7 Å². The van der Waals surface area contributed by atoms with Gasteiger partial charge in [-0.2, -0.15) is 5.10 Å². The number of fused-ring (bicyclic) bond motifs is 1. The molecule has 33 heavy (non-hydrogen) atoms. The molecule has 1 fully saturated rings. The third kappa shape index (κ3) is 4.46. The molecule has 0 bridgehead atoms. The van der Waals surface area contributed by atoms with Crippen LogP contribution in [0.25, 0.3) is 5.52 Å². The number of primary amides is 1. The molecule has 2 aliphatic carbocycles. The molecular weight excluding hydrogens is 420 g/mol. The molecule has 10 nitrogen and oxygen atoms in total. The second kappa shape index (κ2) is 8.47. The Hall–Kier alpha value is -4.05. The highest BCUT2D eigenvalue weighted by Crippen LogP contribution is 2.33. The fourth-order valence-corrected chi connectivity index (χ4v) is 3.95.